The Bertz CT molecular complexity index is 1630. The van der Waals surface area contributed by atoms with Gasteiger partial charge in [0.2, 0.25) is 0 Å². The smallest absolute Gasteiger partial charge is 0.317 e. The van der Waals surface area contributed by atoms with Gasteiger partial charge in [0, 0.05) is 31.1 Å². The Labute approximate surface area is 255 Å². The Hall–Kier alpha value is -4.54. The van der Waals surface area contributed by atoms with Crippen LogP contribution in [0.5, 0.6) is 5.75 Å². The van der Waals surface area contributed by atoms with Crippen molar-refractivity contribution in [3.05, 3.63) is 90.8 Å². The molecule has 1 saturated heterocycles. The molecule has 0 bridgehead atoms. The van der Waals surface area contributed by atoms with Crippen molar-refractivity contribution >= 4 is 17.4 Å². The van der Waals surface area contributed by atoms with Crippen LogP contribution >= 0.6 is 11.3 Å². The number of carbonyl (C=O) groups excluding carboxylic acids is 1. The first-order valence-electron chi connectivity index (χ1n) is 14.7. The number of hydrogen-bond donors (Lipinski definition) is 2. The number of nitrogens with one attached hydrogen (secondary N) is 1. The highest BCUT2D eigenvalue weighted by Gasteiger charge is 2.23. The molecule has 2 amide bonds. The Morgan fingerprint density at radius 3 is 2.51 bits per heavy atom. The highest BCUT2D eigenvalue weighted by molar-refractivity contribution is 7.19. The van der Waals surface area contributed by atoms with Crippen LogP contribution in [0.4, 0.5) is 4.79 Å². The lowest BCUT2D eigenvalue weighted by atomic mass is 10.1. The van der Waals surface area contributed by atoms with E-state index in [4.69, 9.17) is 20.7 Å². The summed E-state index contributed by atoms with van der Waals surface area (Å²) >= 11 is 1.65. The van der Waals surface area contributed by atoms with Crippen LogP contribution in [0.3, 0.4) is 0 Å². The minimum atomic E-state index is -0.0521. The van der Waals surface area contributed by atoms with Gasteiger partial charge in [-0.15, -0.1) is 20.7 Å². The zero-order valence-corrected chi connectivity index (χ0v) is 25.1. The van der Waals surface area contributed by atoms with Crippen molar-refractivity contribution in [1.82, 2.24) is 25.1 Å². The van der Waals surface area contributed by atoms with Crippen molar-refractivity contribution < 1.29 is 14.2 Å². The molecule has 9 nitrogen and oxygen atoms in total. The van der Waals surface area contributed by atoms with Crippen LogP contribution in [0.15, 0.2) is 85.1 Å². The van der Waals surface area contributed by atoms with Gasteiger partial charge in [-0.3, -0.25) is 0 Å². The van der Waals surface area contributed by atoms with Gasteiger partial charge in [-0.2, -0.15) is 0 Å². The molecular weight excluding hydrogens is 558 g/mol. The van der Waals surface area contributed by atoms with Gasteiger partial charge in [-0.25, -0.2) is 9.78 Å². The molecule has 0 atom stereocenters. The quantitative estimate of drug-likeness (QED) is 0.159. The van der Waals surface area contributed by atoms with Crippen molar-refractivity contribution in [2.45, 2.75) is 19.3 Å². The Balaban J connectivity index is 1.38. The molecule has 1 aliphatic heterocycles. The summed E-state index contributed by atoms with van der Waals surface area (Å²) in [5.74, 6) is 0.702. The van der Waals surface area contributed by atoms with Crippen LogP contribution in [0.2, 0.25) is 0 Å². The van der Waals surface area contributed by atoms with Crippen molar-refractivity contribution in [1.29, 1.82) is 0 Å². The fourth-order valence-corrected chi connectivity index (χ4v) is 6.33. The first-order valence-corrected chi connectivity index (χ1v) is 15.5. The van der Waals surface area contributed by atoms with Crippen molar-refractivity contribution in [2.75, 3.05) is 32.8 Å². The van der Waals surface area contributed by atoms with E-state index < -0.39 is 0 Å². The van der Waals surface area contributed by atoms with Crippen LogP contribution in [0.25, 0.3) is 38.0 Å². The van der Waals surface area contributed by atoms with Crippen molar-refractivity contribution in [2.24, 2.45) is 12.8 Å². The summed E-state index contributed by atoms with van der Waals surface area (Å²) < 4.78 is 10.2. The predicted octanol–water partition coefficient (Wildman–Crippen LogP) is 4.84. The van der Waals surface area contributed by atoms with E-state index >= 15 is 0 Å². The molecule has 10 heteroatoms. The second kappa shape index (κ2) is 13.2. The summed E-state index contributed by atoms with van der Waals surface area (Å²) in [4.78, 5) is 20.2. The molecule has 43 heavy (non-hydrogen) atoms. The van der Waals surface area contributed by atoms with E-state index in [9.17, 15) is 4.79 Å². The topological polar surface area (TPSA) is 102 Å². The maximum absolute atomic E-state index is 12.1. The summed E-state index contributed by atoms with van der Waals surface area (Å²) in [6.45, 7) is 2.89. The minimum absolute atomic E-state index is 0.0521. The maximum Gasteiger partial charge on any atom is 0.317 e. The lowest BCUT2D eigenvalue weighted by Crippen LogP contribution is -2.33. The number of urea groups is 1. The molecular formula is C33H36N7O2S+. The third kappa shape index (κ3) is 6.45. The van der Waals surface area contributed by atoms with E-state index in [0.29, 0.717) is 38.5 Å². The lowest BCUT2D eigenvalue weighted by molar-refractivity contribution is -0.661. The molecule has 0 radical (unpaired) electrons. The molecule has 1 fully saturated rings. The van der Waals surface area contributed by atoms with Crippen LogP contribution < -0.4 is 20.5 Å². The highest BCUT2D eigenvalue weighted by atomic mass is 32.1. The third-order valence-electron chi connectivity index (χ3n) is 7.54. The number of carbonyl (C=O) groups is 1. The lowest BCUT2D eigenvalue weighted by Gasteiger charge is -2.16. The van der Waals surface area contributed by atoms with Gasteiger partial charge in [0.15, 0.2) is 17.6 Å². The SMILES string of the molecule is Cn1n[n+](-c2ccc(-c3nc(-c4ccccc4)c(-c4ccccc4)s3)c(OCCN3CCNC3=O)c2)cc1CCCCN. The van der Waals surface area contributed by atoms with Crippen molar-refractivity contribution in [3.63, 3.8) is 0 Å². The number of amides is 2. The summed E-state index contributed by atoms with van der Waals surface area (Å²) in [7, 11) is 1.97. The molecule has 3 N–H and O–H groups in total. The summed E-state index contributed by atoms with van der Waals surface area (Å²) in [5.41, 5.74) is 11.8. The first-order chi connectivity index (χ1) is 21.1. The average Bonchev–Trinajstić information content (AvgIpc) is 3.77. The number of hydrogen-bond acceptors (Lipinski definition) is 6. The van der Waals surface area contributed by atoms with Crippen LogP contribution in [0, 0.1) is 0 Å². The van der Waals surface area contributed by atoms with Gasteiger partial charge in [0.05, 0.1) is 27.9 Å². The number of unbranched alkanes of at least 4 members (excludes halogenated alkanes) is 1. The average molecular weight is 595 g/mol. The van der Waals surface area contributed by atoms with Gasteiger partial charge >= 0.3 is 6.03 Å². The Morgan fingerprint density at radius 1 is 1.02 bits per heavy atom. The number of nitrogens with two attached hydrogens (primary N) is 1. The minimum Gasteiger partial charge on any atom is -0.491 e. The Kier molecular flexibility index (Phi) is 8.76. The van der Waals surface area contributed by atoms with Gasteiger partial charge in [-0.1, -0.05) is 60.7 Å². The largest absolute Gasteiger partial charge is 0.491 e. The van der Waals surface area contributed by atoms with Gasteiger partial charge in [0.25, 0.3) is 0 Å². The zero-order chi connectivity index (χ0) is 29.6. The molecule has 0 spiro atoms. The predicted molar refractivity (Wildman–Crippen MR) is 169 cm³/mol. The number of aryl methyl sites for hydroxylation is 2. The molecule has 0 unspecified atom stereocenters. The summed E-state index contributed by atoms with van der Waals surface area (Å²) in [6, 6.07) is 26.7. The van der Waals surface area contributed by atoms with E-state index in [2.05, 4.69) is 60.0 Å². The van der Waals surface area contributed by atoms with Gasteiger partial charge < -0.3 is 20.7 Å². The van der Waals surface area contributed by atoms with Crippen LogP contribution in [-0.2, 0) is 13.5 Å². The van der Waals surface area contributed by atoms with E-state index in [1.807, 2.05) is 46.7 Å². The van der Waals surface area contributed by atoms with E-state index in [0.717, 1.165) is 62.9 Å². The highest BCUT2D eigenvalue weighted by Crippen LogP contribution is 2.43. The first kappa shape index (κ1) is 28.6. The second-order valence-corrected chi connectivity index (χ2v) is 11.5. The molecule has 6 rings (SSSR count). The van der Waals surface area contributed by atoms with Crippen LogP contribution in [0.1, 0.15) is 18.5 Å². The van der Waals surface area contributed by atoms with Crippen LogP contribution in [-0.4, -0.2) is 58.6 Å². The number of aromatic nitrogens is 4. The molecule has 220 valence electrons. The van der Waals surface area contributed by atoms with Gasteiger partial charge in [0.1, 0.15) is 24.4 Å². The number of thiazole rings is 1. The van der Waals surface area contributed by atoms with Crippen molar-refractivity contribution in [3.8, 4) is 43.7 Å². The zero-order valence-electron chi connectivity index (χ0n) is 24.3. The van der Waals surface area contributed by atoms with E-state index in [1.54, 1.807) is 16.2 Å². The number of benzene rings is 3. The maximum atomic E-state index is 12.1. The number of ether oxygens (including phenoxy) is 1. The molecule has 1 aliphatic rings. The van der Waals surface area contributed by atoms with E-state index in [-0.39, 0.29) is 6.03 Å². The third-order valence-corrected chi connectivity index (χ3v) is 8.68. The monoisotopic (exact) mass is 594 g/mol. The normalized spacial score (nSPS) is 13.0. The summed E-state index contributed by atoms with van der Waals surface area (Å²) in [5, 5.41) is 8.45. The summed E-state index contributed by atoms with van der Waals surface area (Å²) in [6.07, 6.45) is 4.98. The second-order valence-electron chi connectivity index (χ2n) is 10.5. The fraction of sp³-hybridized carbons (Fsp3) is 0.273. The fourth-order valence-electron chi connectivity index (χ4n) is 5.21. The molecule has 3 heterocycles. The standard InChI is InChI=1S/C33H35N7O2S/c1-38-27(14-8-9-17-34)23-40(37-38)26-15-16-28(29(22-26)42-21-20-39-19-18-35-33(39)41)32-36-30(24-10-4-2-5-11-24)31(43-32)25-12-6-3-7-13-25/h2-7,10-13,15-16,22-23H,8-9,14,17-21,34H2,1H3/p+1. The molecule has 3 aromatic carbocycles. The number of rotatable bonds is 12. The number of nitrogens with zero attached hydrogens (tertiary/aromatic N) is 5. The van der Waals surface area contributed by atoms with Gasteiger partial charge in [-0.05, 0) is 37.1 Å². The molecule has 2 aromatic heterocycles. The molecule has 0 saturated carbocycles. The molecule has 5 aromatic rings. The molecule has 0 aliphatic carbocycles. The Morgan fingerprint density at radius 2 is 1.79 bits per heavy atom. The van der Waals surface area contributed by atoms with E-state index in [1.165, 1.54) is 0 Å².